The zero-order chi connectivity index (χ0) is 25.4. The van der Waals surface area contributed by atoms with Crippen LogP contribution in [0.25, 0.3) is 0 Å². The second-order valence-corrected chi connectivity index (χ2v) is 8.64. The van der Waals surface area contributed by atoms with Crippen LogP contribution in [0.2, 0.25) is 0 Å². The SMILES string of the molecule is CC(C)NC(=O)CCN1CCN(C(=O)c2ccc(OC(=O)c3ccc(NC(=N)N)cc3)cc2)CC1. The highest BCUT2D eigenvalue weighted by atomic mass is 16.5. The fraction of sp³-hybridized carbons (Fsp3) is 0.360. The predicted molar refractivity (Wildman–Crippen MR) is 134 cm³/mol. The highest BCUT2D eigenvalue weighted by molar-refractivity contribution is 5.95. The maximum absolute atomic E-state index is 12.9. The third-order valence-electron chi connectivity index (χ3n) is 5.48. The van der Waals surface area contributed by atoms with Gasteiger partial charge in [-0.25, -0.2) is 4.79 Å². The Morgan fingerprint density at radius 1 is 0.971 bits per heavy atom. The molecule has 0 bridgehead atoms. The van der Waals surface area contributed by atoms with Crippen LogP contribution in [-0.2, 0) is 4.79 Å². The molecule has 10 heteroatoms. The first-order valence-corrected chi connectivity index (χ1v) is 11.6. The smallest absolute Gasteiger partial charge is 0.343 e. The zero-order valence-electron chi connectivity index (χ0n) is 20.0. The van der Waals surface area contributed by atoms with Gasteiger partial charge in [0.15, 0.2) is 5.96 Å². The first-order chi connectivity index (χ1) is 16.7. The lowest BCUT2D eigenvalue weighted by molar-refractivity contribution is -0.122. The third-order valence-corrected chi connectivity index (χ3v) is 5.48. The molecule has 1 heterocycles. The van der Waals surface area contributed by atoms with Crippen LogP contribution in [0.4, 0.5) is 5.69 Å². The quantitative estimate of drug-likeness (QED) is 0.196. The third kappa shape index (κ3) is 7.82. The Morgan fingerprint density at radius 2 is 1.57 bits per heavy atom. The largest absolute Gasteiger partial charge is 0.423 e. The van der Waals surface area contributed by atoms with Gasteiger partial charge in [-0.15, -0.1) is 0 Å². The molecule has 35 heavy (non-hydrogen) atoms. The molecule has 2 aromatic rings. The Kier molecular flexibility index (Phi) is 8.80. The van der Waals surface area contributed by atoms with Gasteiger partial charge in [0.2, 0.25) is 5.91 Å². The van der Waals surface area contributed by atoms with Gasteiger partial charge in [-0.1, -0.05) is 0 Å². The van der Waals surface area contributed by atoms with Crippen LogP contribution in [0.1, 0.15) is 41.0 Å². The summed E-state index contributed by atoms with van der Waals surface area (Å²) in [5.41, 5.74) is 6.75. The van der Waals surface area contributed by atoms with Gasteiger partial charge in [0.1, 0.15) is 5.75 Å². The van der Waals surface area contributed by atoms with Crippen LogP contribution in [-0.4, -0.2) is 72.3 Å². The molecule has 1 aliphatic heterocycles. The molecule has 0 atom stereocenters. The van der Waals surface area contributed by atoms with Crippen molar-refractivity contribution in [3.63, 3.8) is 0 Å². The van der Waals surface area contributed by atoms with Gasteiger partial charge in [0, 0.05) is 56.4 Å². The van der Waals surface area contributed by atoms with Gasteiger partial charge in [-0.2, -0.15) is 0 Å². The molecule has 0 aliphatic carbocycles. The number of amides is 2. The van der Waals surface area contributed by atoms with E-state index in [0.29, 0.717) is 48.6 Å². The first-order valence-electron chi connectivity index (χ1n) is 11.6. The van der Waals surface area contributed by atoms with Crippen molar-refractivity contribution >= 4 is 29.4 Å². The minimum Gasteiger partial charge on any atom is -0.423 e. The second-order valence-electron chi connectivity index (χ2n) is 8.64. The number of hydrogen-bond donors (Lipinski definition) is 4. The standard InChI is InChI=1S/C25H32N6O4/c1-17(2)28-22(32)11-12-30-13-15-31(16-14-30)23(33)18-5-9-21(10-6-18)35-24(34)19-3-7-20(8-4-19)29-25(26)27/h3-10,17H,11-16H2,1-2H3,(H,28,32)(H4,26,27,29). The van der Waals surface area contributed by atoms with E-state index in [4.69, 9.17) is 15.9 Å². The van der Waals surface area contributed by atoms with Gasteiger partial charge >= 0.3 is 5.97 Å². The monoisotopic (exact) mass is 480 g/mol. The summed E-state index contributed by atoms with van der Waals surface area (Å²) in [6.45, 7) is 7.18. The Labute approximate surface area is 204 Å². The van der Waals surface area contributed by atoms with Crippen molar-refractivity contribution in [3.05, 3.63) is 59.7 Å². The highest BCUT2D eigenvalue weighted by Crippen LogP contribution is 2.17. The topological polar surface area (TPSA) is 141 Å². The number of nitrogens with two attached hydrogens (primary N) is 1. The van der Waals surface area contributed by atoms with Gasteiger partial charge in [0.25, 0.3) is 5.91 Å². The Morgan fingerprint density at radius 3 is 2.14 bits per heavy atom. The van der Waals surface area contributed by atoms with Crippen molar-refractivity contribution in [2.75, 3.05) is 38.0 Å². The molecule has 2 aromatic carbocycles. The summed E-state index contributed by atoms with van der Waals surface area (Å²) >= 11 is 0. The van der Waals surface area contributed by atoms with Crippen molar-refractivity contribution in [1.29, 1.82) is 5.41 Å². The molecule has 1 saturated heterocycles. The molecular formula is C25H32N6O4. The average Bonchev–Trinajstić information content (AvgIpc) is 2.83. The molecule has 0 radical (unpaired) electrons. The molecular weight excluding hydrogens is 448 g/mol. The van der Waals surface area contributed by atoms with E-state index in [0.717, 1.165) is 13.1 Å². The number of guanidine groups is 1. The molecule has 0 spiro atoms. The predicted octanol–water partition coefficient (Wildman–Crippen LogP) is 1.88. The van der Waals surface area contributed by atoms with E-state index in [2.05, 4.69) is 15.5 Å². The summed E-state index contributed by atoms with van der Waals surface area (Å²) in [5.74, 6) is -0.420. The zero-order valence-corrected chi connectivity index (χ0v) is 20.0. The number of hydrogen-bond acceptors (Lipinski definition) is 6. The van der Waals surface area contributed by atoms with Crippen LogP contribution in [0, 0.1) is 5.41 Å². The van der Waals surface area contributed by atoms with Crippen molar-refractivity contribution in [3.8, 4) is 5.75 Å². The normalized spacial score (nSPS) is 13.9. The number of carbonyl (C=O) groups is 3. The molecule has 2 amide bonds. The lowest BCUT2D eigenvalue weighted by Gasteiger charge is -2.34. The van der Waals surface area contributed by atoms with Gasteiger partial charge in [-0.05, 0) is 62.4 Å². The number of nitrogens with one attached hydrogen (secondary N) is 3. The van der Waals surface area contributed by atoms with E-state index in [1.807, 2.05) is 13.8 Å². The molecule has 5 N–H and O–H groups in total. The molecule has 0 unspecified atom stereocenters. The van der Waals surface area contributed by atoms with Crippen molar-refractivity contribution in [2.24, 2.45) is 5.73 Å². The summed E-state index contributed by atoms with van der Waals surface area (Å²) in [6, 6.07) is 13.0. The van der Waals surface area contributed by atoms with E-state index in [1.165, 1.54) is 0 Å². The summed E-state index contributed by atoms with van der Waals surface area (Å²) in [7, 11) is 0. The number of nitrogens with zero attached hydrogens (tertiary/aromatic N) is 2. The fourth-order valence-corrected chi connectivity index (χ4v) is 3.69. The number of esters is 1. The number of carbonyl (C=O) groups excluding carboxylic acids is 3. The number of benzene rings is 2. The molecule has 0 saturated carbocycles. The molecule has 1 aliphatic rings. The molecule has 10 nitrogen and oxygen atoms in total. The first kappa shape index (κ1) is 25.7. The van der Waals surface area contributed by atoms with Crippen LogP contribution in [0.3, 0.4) is 0 Å². The van der Waals surface area contributed by atoms with Crippen molar-refractivity contribution in [1.82, 2.24) is 15.1 Å². The number of ether oxygens (including phenoxy) is 1. The Balaban J connectivity index is 1.47. The summed E-state index contributed by atoms with van der Waals surface area (Å²) in [5, 5.41) is 12.7. The van der Waals surface area contributed by atoms with E-state index in [9.17, 15) is 14.4 Å². The summed E-state index contributed by atoms with van der Waals surface area (Å²) in [4.78, 5) is 41.1. The van der Waals surface area contributed by atoms with Gasteiger partial charge in [-0.3, -0.25) is 19.9 Å². The number of piperazine rings is 1. The summed E-state index contributed by atoms with van der Waals surface area (Å²) in [6.07, 6.45) is 0.450. The van der Waals surface area contributed by atoms with Crippen LogP contribution in [0.5, 0.6) is 5.75 Å². The maximum atomic E-state index is 12.9. The average molecular weight is 481 g/mol. The van der Waals surface area contributed by atoms with Crippen molar-refractivity contribution < 1.29 is 19.1 Å². The molecule has 1 fully saturated rings. The molecule has 3 rings (SSSR count). The fourth-order valence-electron chi connectivity index (χ4n) is 3.69. The summed E-state index contributed by atoms with van der Waals surface area (Å²) < 4.78 is 5.40. The number of anilines is 1. The number of rotatable bonds is 8. The lowest BCUT2D eigenvalue weighted by atomic mass is 10.1. The minimum absolute atomic E-state index is 0.0429. The Hall–Kier alpha value is -3.92. The lowest BCUT2D eigenvalue weighted by Crippen LogP contribution is -2.49. The maximum Gasteiger partial charge on any atom is 0.343 e. The minimum atomic E-state index is -0.531. The van der Waals surface area contributed by atoms with Gasteiger partial charge in [0.05, 0.1) is 5.56 Å². The highest BCUT2D eigenvalue weighted by Gasteiger charge is 2.22. The van der Waals surface area contributed by atoms with Crippen LogP contribution in [0.15, 0.2) is 48.5 Å². The second kappa shape index (κ2) is 12.0. The van der Waals surface area contributed by atoms with E-state index >= 15 is 0 Å². The van der Waals surface area contributed by atoms with E-state index in [1.54, 1.807) is 53.4 Å². The molecule has 0 aromatic heterocycles. The van der Waals surface area contributed by atoms with Gasteiger partial charge < -0.3 is 26.0 Å². The van der Waals surface area contributed by atoms with Crippen LogP contribution < -0.4 is 21.1 Å². The van der Waals surface area contributed by atoms with Crippen LogP contribution >= 0.6 is 0 Å². The molecule has 186 valence electrons. The van der Waals surface area contributed by atoms with E-state index < -0.39 is 5.97 Å². The van der Waals surface area contributed by atoms with Crippen molar-refractivity contribution in [2.45, 2.75) is 26.3 Å². The Bertz CT molecular complexity index is 1040. The van der Waals surface area contributed by atoms with E-state index in [-0.39, 0.29) is 23.8 Å².